The van der Waals surface area contributed by atoms with Crippen molar-refractivity contribution >= 4 is 17.3 Å². The highest BCUT2D eigenvalue weighted by molar-refractivity contribution is 5.59. The second kappa shape index (κ2) is 7.64. The third-order valence-corrected chi connectivity index (χ3v) is 4.07. The van der Waals surface area contributed by atoms with E-state index < -0.39 is 4.92 Å². The van der Waals surface area contributed by atoms with E-state index in [1.807, 2.05) is 10.8 Å². The second-order valence-electron chi connectivity index (χ2n) is 5.83. The summed E-state index contributed by atoms with van der Waals surface area (Å²) >= 11 is 0. The minimum Gasteiger partial charge on any atom is -0.378 e. The monoisotopic (exact) mass is 352 g/mol. The number of aryl methyl sites for hydroxylation is 1. The van der Waals surface area contributed by atoms with E-state index in [0.717, 1.165) is 17.7 Å². The number of nitrogen functional groups attached to an aromatic ring is 1. The summed E-state index contributed by atoms with van der Waals surface area (Å²) < 4.78 is 1.98. The van der Waals surface area contributed by atoms with Crippen LogP contribution in [-0.2, 0) is 13.0 Å². The average molecular weight is 352 g/mol. The largest absolute Gasteiger partial charge is 0.378 e. The highest BCUT2D eigenvalue weighted by atomic mass is 16.6. The zero-order valence-corrected chi connectivity index (χ0v) is 14.4. The van der Waals surface area contributed by atoms with Crippen molar-refractivity contribution in [3.63, 3.8) is 0 Å². The molecule has 2 aromatic heterocycles. The number of rotatable bonds is 7. The summed E-state index contributed by atoms with van der Waals surface area (Å²) in [6, 6.07) is 11.3. The maximum Gasteiger partial charge on any atom is 0.311 e. The molecule has 1 aromatic carbocycles. The molecule has 0 aliphatic carbocycles. The number of nitrogens with zero attached hydrogens (tertiary/aromatic N) is 4. The number of aromatic nitrogens is 3. The maximum absolute atomic E-state index is 10.7. The predicted molar refractivity (Wildman–Crippen MR) is 101 cm³/mol. The average Bonchev–Trinajstić information content (AvgIpc) is 3.10. The molecule has 8 nitrogen and oxygen atoms in total. The number of hydrogen-bond donors (Lipinski definition) is 2. The number of imidazole rings is 1. The first kappa shape index (κ1) is 17.4. The van der Waals surface area contributed by atoms with Crippen molar-refractivity contribution in [2.75, 3.05) is 17.6 Å². The van der Waals surface area contributed by atoms with Crippen LogP contribution >= 0.6 is 0 Å². The first-order chi connectivity index (χ1) is 12.6. The van der Waals surface area contributed by atoms with E-state index in [1.165, 1.54) is 11.6 Å². The molecule has 0 saturated carbocycles. The van der Waals surface area contributed by atoms with E-state index in [0.29, 0.717) is 18.9 Å². The molecule has 0 aliphatic heterocycles. The Hall–Kier alpha value is -3.42. The Labute approximate surface area is 150 Å². The SMILES string of the molecule is CCc1ccc(-c2cn(CCNc3ccc([N+](=O)[O-])c(N)n3)cn2)cc1. The molecule has 26 heavy (non-hydrogen) atoms. The third-order valence-electron chi connectivity index (χ3n) is 4.07. The summed E-state index contributed by atoms with van der Waals surface area (Å²) in [5.74, 6) is 0.407. The fourth-order valence-corrected chi connectivity index (χ4v) is 2.58. The van der Waals surface area contributed by atoms with Crippen LogP contribution in [0.1, 0.15) is 12.5 Å². The van der Waals surface area contributed by atoms with Crippen LogP contribution < -0.4 is 11.1 Å². The summed E-state index contributed by atoms with van der Waals surface area (Å²) in [5, 5.41) is 13.8. The summed E-state index contributed by atoms with van der Waals surface area (Å²) in [5.41, 5.74) is 8.70. The number of nitrogens with two attached hydrogens (primary N) is 1. The van der Waals surface area contributed by atoms with Crippen LogP contribution in [0.25, 0.3) is 11.3 Å². The number of pyridine rings is 1. The van der Waals surface area contributed by atoms with Gasteiger partial charge in [-0.25, -0.2) is 9.97 Å². The summed E-state index contributed by atoms with van der Waals surface area (Å²) in [7, 11) is 0. The Morgan fingerprint density at radius 1 is 1.23 bits per heavy atom. The van der Waals surface area contributed by atoms with Crippen LogP contribution in [0.3, 0.4) is 0 Å². The molecule has 0 fully saturated rings. The molecule has 3 rings (SSSR count). The molecule has 0 amide bonds. The standard InChI is InChI=1S/C18H20N6O2/c1-2-13-3-5-14(6-4-13)15-11-23(12-21-15)10-9-20-17-8-7-16(24(25)26)18(19)22-17/h3-8,11-12H,2,9-10H2,1H3,(H3,19,20,22). The molecule has 0 bridgehead atoms. The summed E-state index contributed by atoms with van der Waals surface area (Å²) in [6.07, 6.45) is 4.78. The highest BCUT2D eigenvalue weighted by Gasteiger charge is 2.12. The van der Waals surface area contributed by atoms with E-state index in [-0.39, 0.29) is 11.5 Å². The minimum atomic E-state index is -0.549. The van der Waals surface area contributed by atoms with Gasteiger partial charge in [-0.2, -0.15) is 0 Å². The normalized spacial score (nSPS) is 10.7. The van der Waals surface area contributed by atoms with Gasteiger partial charge in [-0.15, -0.1) is 0 Å². The Morgan fingerprint density at radius 3 is 2.65 bits per heavy atom. The molecule has 0 aliphatic rings. The molecule has 2 heterocycles. The molecule has 3 N–H and O–H groups in total. The van der Waals surface area contributed by atoms with Crippen molar-refractivity contribution in [2.45, 2.75) is 19.9 Å². The van der Waals surface area contributed by atoms with Crippen LogP contribution in [0, 0.1) is 10.1 Å². The topological polar surface area (TPSA) is 112 Å². The van der Waals surface area contributed by atoms with Gasteiger partial charge in [0.1, 0.15) is 5.82 Å². The summed E-state index contributed by atoms with van der Waals surface area (Å²) in [4.78, 5) is 18.6. The number of hydrogen-bond acceptors (Lipinski definition) is 6. The zero-order chi connectivity index (χ0) is 18.5. The molecule has 3 aromatic rings. The Kier molecular flexibility index (Phi) is 5.12. The van der Waals surface area contributed by atoms with Crippen LogP contribution in [0.2, 0.25) is 0 Å². The molecule has 0 saturated heterocycles. The number of benzene rings is 1. The van der Waals surface area contributed by atoms with E-state index >= 15 is 0 Å². The Balaban J connectivity index is 1.58. The predicted octanol–water partition coefficient (Wildman–Crippen LogP) is 3.11. The quantitative estimate of drug-likeness (QED) is 0.499. The minimum absolute atomic E-state index is 0.0968. The molecular formula is C18H20N6O2. The lowest BCUT2D eigenvalue weighted by molar-refractivity contribution is -0.384. The number of nitrogens with one attached hydrogen (secondary N) is 1. The van der Waals surface area contributed by atoms with Crippen molar-refractivity contribution in [2.24, 2.45) is 0 Å². The highest BCUT2D eigenvalue weighted by Crippen LogP contribution is 2.21. The maximum atomic E-state index is 10.7. The van der Waals surface area contributed by atoms with Gasteiger partial charge in [-0.1, -0.05) is 31.2 Å². The van der Waals surface area contributed by atoms with E-state index in [1.54, 1.807) is 12.4 Å². The van der Waals surface area contributed by atoms with Crippen molar-refractivity contribution in [3.8, 4) is 11.3 Å². The van der Waals surface area contributed by atoms with Gasteiger partial charge in [-0.05, 0) is 18.1 Å². The number of anilines is 2. The van der Waals surface area contributed by atoms with Crippen molar-refractivity contribution in [1.82, 2.24) is 14.5 Å². The molecule has 0 unspecified atom stereocenters. The van der Waals surface area contributed by atoms with Gasteiger partial charge in [0, 0.05) is 30.9 Å². The first-order valence-corrected chi connectivity index (χ1v) is 8.32. The molecule has 0 spiro atoms. The van der Waals surface area contributed by atoms with Crippen LogP contribution in [0.5, 0.6) is 0 Å². The van der Waals surface area contributed by atoms with Gasteiger partial charge in [0.25, 0.3) is 0 Å². The van der Waals surface area contributed by atoms with Gasteiger partial charge in [-0.3, -0.25) is 10.1 Å². The van der Waals surface area contributed by atoms with E-state index in [2.05, 4.69) is 46.5 Å². The van der Waals surface area contributed by atoms with E-state index in [9.17, 15) is 10.1 Å². The Morgan fingerprint density at radius 2 is 2.00 bits per heavy atom. The van der Waals surface area contributed by atoms with Crippen molar-refractivity contribution in [3.05, 3.63) is 64.6 Å². The lowest BCUT2D eigenvalue weighted by Crippen LogP contribution is -2.11. The lowest BCUT2D eigenvalue weighted by Gasteiger charge is -2.06. The lowest BCUT2D eigenvalue weighted by atomic mass is 10.1. The van der Waals surface area contributed by atoms with Gasteiger partial charge in [0.2, 0.25) is 5.82 Å². The van der Waals surface area contributed by atoms with E-state index in [4.69, 9.17) is 5.73 Å². The molecule has 0 radical (unpaired) electrons. The first-order valence-electron chi connectivity index (χ1n) is 8.32. The van der Waals surface area contributed by atoms with Crippen LogP contribution in [0.4, 0.5) is 17.3 Å². The van der Waals surface area contributed by atoms with Gasteiger partial charge in [0.05, 0.1) is 16.9 Å². The number of nitro groups is 1. The smallest absolute Gasteiger partial charge is 0.311 e. The second-order valence-corrected chi connectivity index (χ2v) is 5.83. The summed E-state index contributed by atoms with van der Waals surface area (Å²) in [6.45, 7) is 3.40. The van der Waals surface area contributed by atoms with Gasteiger partial charge in [0.15, 0.2) is 0 Å². The molecule has 134 valence electrons. The fourth-order valence-electron chi connectivity index (χ4n) is 2.58. The third kappa shape index (κ3) is 3.97. The molecule has 0 atom stereocenters. The Bertz CT molecular complexity index is 904. The zero-order valence-electron chi connectivity index (χ0n) is 14.4. The van der Waals surface area contributed by atoms with Gasteiger partial charge < -0.3 is 15.6 Å². The fraction of sp³-hybridized carbons (Fsp3) is 0.222. The van der Waals surface area contributed by atoms with Crippen LogP contribution in [0.15, 0.2) is 48.9 Å². The molecular weight excluding hydrogens is 332 g/mol. The van der Waals surface area contributed by atoms with Crippen molar-refractivity contribution < 1.29 is 4.92 Å². The van der Waals surface area contributed by atoms with Crippen molar-refractivity contribution in [1.29, 1.82) is 0 Å². The van der Waals surface area contributed by atoms with Gasteiger partial charge >= 0.3 is 5.69 Å². The molecule has 8 heteroatoms. The van der Waals surface area contributed by atoms with Crippen LogP contribution in [-0.4, -0.2) is 26.0 Å².